The predicted molar refractivity (Wildman–Crippen MR) is 76.6 cm³/mol. The third-order valence-electron chi connectivity index (χ3n) is 3.30. The van der Waals surface area contributed by atoms with Crippen LogP contribution in [0.2, 0.25) is 0 Å². The summed E-state index contributed by atoms with van der Waals surface area (Å²) >= 11 is 1.59. The normalized spacial score (nSPS) is 18.2. The molecule has 1 aliphatic rings. The van der Waals surface area contributed by atoms with Gasteiger partial charge in [-0.3, -0.25) is 4.79 Å². The summed E-state index contributed by atoms with van der Waals surface area (Å²) in [6.45, 7) is 1.62. The van der Waals surface area contributed by atoms with E-state index < -0.39 is 5.82 Å². The SMILES string of the molecule is O=C(NC1CCN(c2nccs2)C1)c1cccc(F)c1. The number of aromatic nitrogens is 1. The lowest BCUT2D eigenvalue weighted by Gasteiger charge is -2.15. The van der Waals surface area contributed by atoms with Crippen LogP contribution in [0.3, 0.4) is 0 Å². The number of hydrogen-bond donors (Lipinski definition) is 1. The highest BCUT2D eigenvalue weighted by atomic mass is 32.1. The molecule has 1 aromatic carbocycles. The van der Waals surface area contributed by atoms with Crippen molar-refractivity contribution in [2.45, 2.75) is 12.5 Å². The topological polar surface area (TPSA) is 45.2 Å². The summed E-state index contributed by atoms with van der Waals surface area (Å²) < 4.78 is 13.1. The molecule has 1 aliphatic heterocycles. The monoisotopic (exact) mass is 291 g/mol. The first kappa shape index (κ1) is 13.1. The zero-order valence-electron chi connectivity index (χ0n) is 10.8. The van der Waals surface area contributed by atoms with Gasteiger partial charge in [0.05, 0.1) is 0 Å². The van der Waals surface area contributed by atoms with E-state index >= 15 is 0 Å². The molecule has 1 aromatic heterocycles. The highest BCUT2D eigenvalue weighted by Crippen LogP contribution is 2.22. The Morgan fingerprint density at radius 2 is 2.40 bits per heavy atom. The summed E-state index contributed by atoms with van der Waals surface area (Å²) in [7, 11) is 0. The standard InChI is InChI=1S/C14H14FN3OS/c15-11-3-1-2-10(8-11)13(19)17-12-4-6-18(9-12)14-16-5-7-20-14/h1-3,5,7-8,12H,4,6,9H2,(H,17,19). The van der Waals surface area contributed by atoms with Crippen LogP contribution in [-0.4, -0.2) is 30.0 Å². The molecule has 1 saturated heterocycles. The second-order valence-corrected chi connectivity index (χ2v) is 5.60. The maximum atomic E-state index is 13.1. The lowest BCUT2D eigenvalue weighted by molar-refractivity contribution is 0.0940. The first-order chi connectivity index (χ1) is 9.72. The van der Waals surface area contributed by atoms with Crippen molar-refractivity contribution in [3.05, 3.63) is 47.2 Å². The van der Waals surface area contributed by atoms with Crippen molar-refractivity contribution in [3.63, 3.8) is 0 Å². The van der Waals surface area contributed by atoms with Crippen LogP contribution in [0.15, 0.2) is 35.8 Å². The Hall–Kier alpha value is -1.95. The molecule has 0 radical (unpaired) electrons. The van der Waals surface area contributed by atoms with Gasteiger partial charge in [0.15, 0.2) is 5.13 Å². The summed E-state index contributed by atoms with van der Waals surface area (Å²) in [6.07, 6.45) is 2.65. The van der Waals surface area contributed by atoms with Crippen LogP contribution in [0, 0.1) is 5.82 Å². The van der Waals surface area contributed by atoms with Crippen LogP contribution in [-0.2, 0) is 0 Å². The predicted octanol–water partition coefficient (Wildman–Crippen LogP) is 2.29. The smallest absolute Gasteiger partial charge is 0.251 e. The van der Waals surface area contributed by atoms with Gasteiger partial charge in [-0.2, -0.15) is 0 Å². The van der Waals surface area contributed by atoms with Crippen LogP contribution in [0.5, 0.6) is 0 Å². The highest BCUT2D eigenvalue weighted by molar-refractivity contribution is 7.13. The zero-order chi connectivity index (χ0) is 13.9. The van der Waals surface area contributed by atoms with E-state index in [0.29, 0.717) is 5.56 Å². The van der Waals surface area contributed by atoms with E-state index in [2.05, 4.69) is 15.2 Å². The summed E-state index contributed by atoms with van der Waals surface area (Å²) in [5, 5.41) is 5.86. The second kappa shape index (κ2) is 5.58. The molecule has 1 unspecified atom stereocenters. The molecule has 1 atom stereocenters. The first-order valence-electron chi connectivity index (χ1n) is 6.43. The van der Waals surface area contributed by atoms with Crippen molar-refractivity contribution in [3.8, 4) is 0 Å². The van der Waals surface area contributed by atoms with Crippen molar-refractivity contribution < 1.29 is 9.18 Å². The lowest BCUT2D eigenvalue weighted by atomic mass is 10.2. The van der Waals surface area contributed by atoms with Gasteiger partial charge in [-0.25, -0.2) is 9.37 Å². The highest BCUT2D eigenvalue weighted by Gasteiger charge is 2.25. The number of nitrogens with one attached hydrogen (secondary N) is 1. The fourth-order valence-corrected chi connectivity index (χ4v) is 3.00. The molecule has 2 heterocycles. The second-order valence-electron chi connectivity index (χ2n) is 4.73. The average Bonchev–Trinajstić information content (AvgIpc) is 3.08. The van der Waals surface area contributed by atoms with Gasteiger partial charge in [0.2, 0.25) is 0 Å². The molecule has 1 fully saturated rings. The van der Waals surface area contributed by atoms with Crippen LogP contribution < -0.4 is 10.2 Å². The van der Waals surface area contributed by atoms with Gasteiger partial charge in [-0.15, -0.1) is 11.3 Å². The van der Waals surface area contributed by atoms with E-state index in [4.69, 9.17) is 0 Å². The minimum absolute atomic E-state index is 0.0784. The number of rotatable bonds is 3. The van der Waals surface area contributed by atoms with E-state index in [9.17, 15) is 9.18 Å². The number of carbonyl (C=O) groups excluding carboxylic acids is 1. The minimum Gasteiger partial charge on any atom is -0.347 e. The van der Waals surface area contributed by atoms with E-state index in [1.165, 1.54) is 12.1 Å². The molecule has 20 heavy (non-hydrogen) atoms. The van der Waals surface area contributed by atoms with Crippen LogP contribution >= 0.6 is 11.3 Å². The molecule has 6 heteroatoms. The van der Waals surface area contributed by atoms with Crippen molar-refractivity contribution >= 4 is 22.4 Å². The number of nitrogens with zero attached hydrogens (tertiary/aromatic N) is 2. The molecule has 0 bridgehead atoms. The Balaban J connectivity index is 1.61. The van der Waals surface area contributed by atoms with Crippen LogP contribution in [0.4, 0.5) is 9.52 Å². The Morgan fingerprint density at radius 3 is 3.15 bits per heavy atom. The van der Waals surface area contributed by atoms with E-state index in [0.717, 1.165) is 24.6 Å². The molecule has 0 spiro atoms. The van der Waals surface area contributed by atoms with E-state index in [-0.39, 0.29) is 11.9 Å². The molecule has 2 aromatic rings. The number of amides is 1. The third-order valence-corrected chi connectivity index (χ3v) is 4.13. The van der Waals surface area contributed by atoms with Gasteiger partial charge in [0.25, 0.3) is 5.91 Å². The van der Waals surface area contributed by atoms with E-state index in [1.54, 1.807) is 29.7 Å². The molecule has 1 N–H and O–H groups in total. The molecular formula is C14H14FN3OS. The summed E-state index contributed by atoms with van der Waals surface area (Å²) in [5.74, 6) is -0.621. The number of halogens is 1. The molecule has 0 saturated carbocycles. The van der Waals surface area contributed by atoms with Crippen molar-refractivity contribution in [1.82, 2.24) is 10.3 Å². The minimum atomic E-state index is -0.395. The van der Waals surface area contributed by atoms with E-state index in [1.807, 2.05) is 5.38 Å². The number of hydrogen-bond acceptors (Lipinski definition) is 4. The Morgan fingerprint density at radius 1 is 1.50 bits per heavy atom. The third kappa shape index (κ3) is 2.80. The fourth-order valence-electron chi connectivity index (χ4n) is 2.32. The summed E-state index contributed by atoms with van der Waals surface area (Å²) in [5.41, 5.74) is 0.359. The molecule has 0 aliphatic carbocycles. The van der Waals surface area contributed by atoms with Gasteiger partial charge in [0, 0.05) is 36.3 Å². The van der Waals surface area contributed by atoms with Crippen LogP contribution in [0.25, 0.3) is 0 Å². The van der Waals surface area contributed by atoms with Crippen molar-refractivity contribution in [2.75, 3.05) is 18.0 Å². The maximum absolute atomic E-state index is 13.1. The van der Waals surface area contributed by atoms with Crippen LogP contribution in [0.1, 0.15) is 16.8 Å². The largest absolute Gasteiger partial charge is 0.347 e. The summed E-state index contributed by atoms with van der Waals surface area (Å²) in [4.78, 5) is 18.5. The Bertz CT molecular complexity index is 602. The Kier molecular flexibility index (Phi) is 3.64. The van der Waals surface area contributed by atoms with Gasteiger partial charge in [-0.05, 0) is 24.6 Å². The fraction of sp³-hybridized carbons (Fsp3) is 0.286. The molecular weight excluding hydrogens is 277 g/mol. The Labute approximate surface area is 120 Å². The molecule has 3 rings (SSSR count). The maximum Gasteiger partial charge on any atom is 0.251 e. The van der Waals surface area contributed by atoms with Gasteiger partial charge in [0.1, 0.15) is 5.82 Å². The van der Waals surface area contributed by atoms with Crippen molar-refractivity contribution in [1.29, 1.82) is 0 Å². The van der Waals surface area contributed by atoms with Gasteiger partial charge in [-0.1, -0.05) is 6.07 Å². The van der Waals surface area contributed by atoms with Crippen molar-refractivity contribution in [2.24, 2.45) is 0 Å². The quantitative estimate of drug-likeness (QED) is 0.943. The average molecular weight is 291 g/mol. The zero-order valence-corrected chi connectivity index (χ0v) is 11.6. The molecule has 1 amide bonds. The molecule has 104 valence electrons. The van der Waals surface area contributed by atoms with Gasteiger partial charge < -0.3 is 10.2 Å². The summed E-state index contributed by atoms with van der Waals surface area (Å²) in [6, 6.07) is 5.82. The molecule has 4 nitrogen and oxygen atoms in total. The number of benzene rings is 1. The number of thiazole rings is 1. The number of carbonyl (C=O) groups is 1. The lowest BCUT2D eigenvalue weighted by Crippen LogP contribution is -2.37. The number of anilines is 1. The first-order valence-corrected chi connectivity index (χ1v) is 7.31. The van der Waals surface area contributed by atoms with Gasteiger partial charge >= 0.3 is 0 Å².